The molecule has 0 spiro atoms. The molecule has 0 amide bonds. The van der Waals surface area contributed by atoms with Crippen LogP contribution in [0.5, 0.6) is 0 Å². The quantitative estimate of drug-likeness (QED) is 0.0845. The van der Waals surface area contributed by atoms with Crippen molar-refractivity contribution < 1.29 is 0 Å². The highest BCUT2D eigenvalue weighted by Gasteiger charge is 2.48. The van der Waals surface area contributed by atoms with Gasteiger partial charge in [-0.3, -0.25) is 0 Å². The summed E-state index contributed by atoms with van der Waals surface area (Å²) in [4.78, 5) is 0. The predicted octanol–water partition coefficient (Wildman–Crippen LogP) is 18.5. The van der Waals surface area contributed by atoms with Gasteiger partial charge in [0.05, 0.1) is 10.8 Å². The first-order valence-corrected chi connectivity index (χ1v) is 32.4. The Morgan fingerprint density at radius 2 is 0.414 bits per heavy atom. The average Bonchev–Trinajstić information content (AvgIpc) is 1.64. The van der Waals surface area contributed by atoms with Crippen molar-refractivity contribution in [3.05, 3.63) is 408 Å². The molecule has 0 saturated heterocycles. The van der Waals surface area contributed by atoms with Crippen LogP contribution < -0.4 is 20.7 Å². The summed E-state index contributed by atoms with van der Waals surface area (Å²) in [5, 5.41) is 5.37. The van der Waals surface area contributed by atoms with Crippen LogP contribution in [0.1, 0.15) is 44.5 Å². The second kappa shape index (κ2) is 21.4. The standard InChI is InChI=1S/C86H60Si/c1-7-27-69(28-8-1)85(70-29-9-2-10-30-70)81-43-21-19-41-77(81)79-55-53-67(59-83(79)85)63-49-45-61(46-50-63)65-25-23-39-75(57-65)87(73-35-15-5-16-36-73,74-37-17-6-18-38-74)76-40-24-26-66(58-76)62-47-51-64(52-48-62)68-54-56-80-78-42-20-22-44-82(78)86(84(80)60-68,71-31-11-3-12-32-71)72-33-13-4-14-34-72/h1-60H. The van der Waals surface area contributed by atoms with Crippen molar-refractivity contribution in [2.75, 3.05) is 0 Å². The number of rotatable bonds is 12. The molecule has 0 nitrogen and oxygen atoms in total. The van der Waals surface area contributed by atoms with E-state index in [9.17, 15) is 0 Å². The lowest BCUT2D eigenvalue weighted by atomic mass is 9.67. The van der Waals surface area contributed by atoms with Crippen molar-refractivity contribution in [3.63, 3.8) is 0 Å². The van der Waals surface area contributed by atoms with Crippen LogP contribution >= 0.6 is 0 Å². The fourth-order valence-corrected chi connectivity index (χ4v) is 20.0. The van der Waals surface area contributed by atoms with Gasteiger partial charge in [-0.1, -0.05) is 352 Å². The van der Waals surface area contributed by atoms with E-state index in [1.165, 1.54) is 132 Å². The Bertz CT molecular complexity index is 4410. The van der Waals surface area contributed by atoms with Gasteiger partial charge in [0.25, 0.3) is 0 Å². The highest BCUT2D eigenvalue weighted by molar-refractivity contribution is 7.20. The lowest BCUT2D eigenvalue weighted by Crippen LogP contribution is -2.74. The third-order valence-corrected chi connectivity index (χ3v) is 23.8. The SMILES string of the molecule is c1ccc(C2(c3ccccc3)c3ccccc3-c3ccc(-c4ccc(-c5cccc([Si](c6ccccc6)(c6ccccc6)c6cccc(-c7ccc(-c8ccc9c(c8)C(c8ccccc8)(c8ccccc8)c8ccccc8-9)cc7)c6)c5)cc4)cc32)cc1. The van der Waals surface area contributed by atoms with Crippen molar-refractivity contribution in [1.29, 1.82) is 0 Å². The van der Waals surface area contributed by atoms with Gasteiger partial charge < -0.3 is 0 Å². The second-order valence-electron chi connectivity index (χ2n) is 23.4. The molecule has 0 N–H and O–H groups in total. The fraction of sp³-hybridized carbons (Fsp3) is 0.0233. The molecule has 0 heterocycles. The van der Waals surface area contributed by atoms with Crippen molar-refractivity contribution in [3.8, 4) is 66.8 Å². The average molecular weight is 1120 g/mol. The molecular formula is C86H60Si. The Hall–Kier alpha value is -10.7. The third kappa shape index (κ3) is 8.26. The molecule has 0 atom stereocenters. The van der Waals surface area contributed by atoms with E-state index in [1.807, 2.05) is 0 Å². The number of benzene rings is 14. The topological polar surface area (TPSA) is 0 Å². The van der Waals surface area contributed by atoms with Crippen LogP contribution in [-0.4, -0.2) is 8.07 Å². The van der Waals surface area contributed by atoms with E-state index in [1.54, 1.807) is 0 Å². The summed E-state index contributed by atoms with van der Waals surface area (Å²) >= 11 is 0. The molecule has 0 aromatic heterocycles. The smallest absolute Gasteiger partial charge is 0.0623 e. The van der Waals surface area contributed by atoms with Gasteiger partial charge in [-0.25, -0.2) is 0 Å². The van der Waals surface area contributed by atoms with Gasteiger partial charge in [-0.2, -0.15) is 0 Å². The summed E-state index contributed by atoms with van der Waals surface area (Å²) in [5.74, 6) is 0. The maximum atomic E-state index is 2.49. The molecule has 408 valence electrons. The predicted molar refractivity (Wildman–Crippen MR) is 366 cm³/mol. The molecule has 2 aliphatic carbocycles. The zero-order valence-corrected chi connectivity index (χ0v) is 49.1. The Kier molecular flexibility index (Phi) is 12.8. The van der Waals surface area contributed by atoms with Crippen molar-refractivity contribution in [1.82, 2.24) is 0 Å². The van der Waals surface area contributed by atoms with Gasteiger partial charge in [0, 0.05) is 0 Å². The summed E-state index contributed by atoms with van der Waals surface area (Å²) < 4.78 is 0. The molecule has 87 heavy (non-hydrogen) atoms. The minimum atomic E-state index is -2.97. The molecule has 2 aliphatic rings. The van der Waals surface area contributed by atoms with E-state index in [2.05, 4.69) is 364 Å². The van der Waals surface area contributed by atoms with Gasteiger partial charge >= 0.3 is 0 Å². The fourth-order valence-electron chi connectivity index (χ4n) is 15.2. The van der Waals surface area contributed by atoms with Crippen LogP contribution in [0.2, 0.25) is 0 Å². The summed E-state index contributed by atoms with van der Waals surface area (Å²) in [6.45, 7) is 0. The molecule has 1 heteroatoms. The van der Waals surface area contributed by atoms with Crippen molar-refractivity contribution in [2.45, 2.75) is 10.8 Å². The molecule has 16 rings (SSSR count). The van der Waals surface area contributed by atoms with Crippen LogP contribution in [0.25, 0.3) is 66.8 Å². The lowest BCUT2D eigenvalue weighted by Gasteiger charge is -2.35. The largest absolute Gasteiger partial charge is 0.179 e. The monoisotopic (exact) mass is 1120 g/mol. The molecular weight excluding hydrogens is 1060 g/mol. The summed E-state index contributed by atoms with van der Waals surface area (Å²) in [6, 6.07) is 137. The molecule has 0 unspecified atom stereocenters. The zero-order chi connectivity index (χ0) is 57.8. The molecule has 0 fully saturated rings. The van der Waals surface area contributed by atoms with E-state index >= 15 is 0 Å². The highest BCUT2D eigenvalue weighted by atomic mass is 28.3. The Morgan fingerprint density at radius 3 is 0.747 bits per heavy atom. The Balaban J connectivity index is 0.768. The lowest BCUT2D eigenvalue weighted by molar-refractivity contribution is 0.769. The number of fused-ring (bicyclic) bond motifs is 6. The minimum absolute atomic E-state index is 0.457. The van der Waals surface area contributed by atoms with Gasteiger partial charge in [0.2, 0.25) is 0 Å². The zero-order valence-electron chi connectivity index (χ0n) is 48.1. The van der Waals surface area contributed by atoms with Gasteiger partial charge in [-0.15, -0.1) is 0 Å². The van der Waals surface area contributed by atoms with Crippen LogP contribution in [0, 0.1) is 0 Å². The van der Waals surface area contributed by atoms with E-state index < -0.39 is 18.9 Å². The summed E-state index contributed by atoms with van der Waals surface area (Å²) in [5.41, 5.74) is 24.2. The first kappa shape index (κ1) is 51.9. The van der Waals surface area contributed by atoms with Gasteiger partial charge in [0.15, 0.2) is 8.07 Å². The molecule has 14 aromatic rings. The molecule has 0 bridgehead atoms. The Morgan fingerprint density at radius 1 is 0.161 bits per heavy atom. The molecule has 14 aromatic carbocycles. The normalized spacial score (nSPS) is 13.2. The van der Waals surface area contributed by atoms with Gasteiger partial charge in [0.1, 0.15) is 0 Å². The van der Waals surface area contributed by atoms with Gasteiger partial charge in [-0.05, 0) is 144 Å². The highest BCUT2D eigenvalue weighted by Crippen LogP contribution is 2.58. The summed E-state index contributed by atoms with van der Waals surface area (Å²) in [7, 11) is -2.97. The number of hydrogen-bond acceptors (Lipinski definition) is 0. The van der Waals surface area contributed by atoms with Crippen LogP contribution in [-0.2, 0) is 10.8 Å². The first-order chi connectivity index (χ1) is 43.1. The van der Waals surface area contributed by atoms with Crippen LogP contribution in [0.15, 0.2) is 364 Å². The van der Waals surface area contributed by atoms with E-state index in [0.29, 0.717) is 0 Å². The molecule has 0 radical (unpaired) electrons. The summed E-state index contributed by atoms with van der Waals surface area (Å²) in [6.07, 6.45) is 0. The van der Waals surface area contributed by atoms with Crippen LogP contribution in [0.4, 0.5) is 0 Å². The number of hydrogen-bond donors (Lipinski definition) is 0. The molecule has 0 saturated carbocycles. The Labute approximate surface area is 511 Å². The minimum Gasteiger partial charge on any atom is -0.0623 e. The third-order valence-electron chi connectivity index (χ3n) is 19.0. The van der Waals surface area contributed by atoms with Crippen molar-refractivity contribution in [2.24, 2.45) is 0 Å². The second-order valence-corrected chi connectivity index (χ2v) is 27.2. The van der Waals surface area contributed by atoms with Crippen molar-refractivity contribution >= 4 is 28.8 Å². The maximum absolute atomic E-state index is 2.97. The maximum Gasteiger partial charge on any atom is 0.179 e. The van der Waals surface area contributed by atoms with E-state index in [4.69, 9.17) is 0 Å². The van der Waals surface area contributed by atoms with Crippen LogP contribution in [0.3, 0.4) is 0 Å². The van der Waals surface area contributed by atoms with E-state index in [0.717, 1.165) is 0 Å². The van der Waals surface area contributed by atoms with E-state index in [-0.39, 0.29) is 0 Å². The molecule has 0 aliphatic heterocycles. The first-order valence-electron chi connectivity index (χ1n) is 30.4.